The molecule has 5 rings (SSSR count). The Balaban J connectivity index is 1.53. The summed E-state index contributed by atoms with van der Waals surface area (Å²) in [6.45, 7) is 1.99. The molecule has 1 fully saturated rings. The highest BCUT2D eigenvalue weighted by molar-refractivity contribution is 6.39. The molecule has 1 N–H and O–H groups in total. The number of nitrogens with zero attached hydrogens (tertiary/aromatic N) is 1. The first-order chi connectivity index (χ1) is 19.8. The van der Waals surface area contributed by atoms with Crippen LogP contribution in [0.25, 0.3) is 16.8 Å². The van der Waals surface area contributed by atoms with Gasteiger partial charge in [0, 0.05) is 21.2 Å². The van der Waals surface area contributed by atoms with Crippen molar-refractivity contribution >= 4 is 69.6 Å². The summed E-state index contributed by atoms with van der Waals surface area (Å²) < 4.78 is 11.1. The Bertz CT molecular complexity index is 1730. The van der Waals surface area contributed by atoms with Crippen LogP contribution in [0, 0.1) is 0 Å². The van der Waals surface area contributed by atoms with E-state index in [2.05, 4.69) is 5.32 Å². The maximum atomic E-state index is 13.6. The van der Waals surface area contributed by atoms with Crippen molar-refractivity contribution in [1.29, 1.82) is 0 Å². The van der Waals surface area contributed by atoms with Crippen LogP contribution in [0.4, 0.5) is 10.5 Å². The Labute approximate surface area is 245 Å². The number of halogens is 2. The van der Waals surface area contributed by atoms with Crippen molar-refractivity contribution in [1.82, 2.24) is 5.32 Å². The molecule has 4 aromatic rings. The molecule has 206 valence electrons. The number of imide groups is 2. The highest BCUT2D eigenvalue weighted by Crippen LogP contribution is 2.33. The zero-order valence-corrected chi connectivity index (χ0v) is 23.2. The first-order valence-corrected chi connectivity index (χ1v) is 13.3. The molecular formula is C31H22Cl2N2O6. The van der Waals surface area contributed by atoms with Crippen LogP contribution in [0.3, 0.4) is 0 Å². The van der Waals surface area contributed by atoms with E-state index < -0.39 is 23.8 Å². The molecule has 4 amide bonds. The maximum Gasteiger partial charge on any atom is 0.338 e. The van der Waals surface area contributed by atoms with Gasteiger partial charge in [0.25, 0.3) is 11.8 Å². The van der Waals surface area contributed by atoms with Crippen LogP contribution >= 0.6 is 23.2 Å². The lowest BCUT2D eigenvalue weighted by Crippen LogP contribution is -2.54. The lowest BCUT2D eigenvalue weighted by Gasteiger charge is -2.26. The molecule has 0 atom stereocenters. The minimum Gasteiger partial charge on any atom is -0.488 e. The molecule has 4 aromatic carbocycles. The van der Waals surface area contributed by atoms with Gasteiger partial charge in [-0.2, -0.15) is 0 Å². The smallest absolute Gasteiger partial charge is 0.338 e. The van der Waals surface area contributed by atoms with Gasteiger partial charge in [0.05, 0.1) is 17.9 Å². The molecule has 0 aliphatic carbocycles. The zero-order chi connectivity index (χ0) is 29.1. The summed E-state index contributed by atoms with van der Waals surface area (Å²) in [6.07, 6.45) is 1.41. The fraction of sp³-hybridized carbons (Fsp3) is 0.0968. The number of urea groups is 1. The number of carbonyl (C=O) groups is 4. The molecule has 1 aliphatic rings. The van der Waals surface area contributed by atoms with Gasteiger partial charge in [0.1, 0.15) is 17.9 Å². The lowest BCUT2D eigenvalue weighted by atomic mass is 9.99. The van der Waals surface area contributed by atoms with E-state index in [0.717, 1.165) is 15.7 Å². The fourth-order valence-corrected chi connectivity index (χ4v) is 4.80. The zero-order valence-electron chi connectivity index (χ0n) is 21.6. The molecule has 10 heteroatoms. The monoisotopic (exact) mass is 588 g/mol. The normalized spacial score (nSPS) is 14.4. The number of barbiturate groups is 1. The number of esters is 1. The highest BCUT2D eigenvalue weighted by atomic mass is 35.5. The number of hydrogen-bond acceptors (Lipinski definition) is 6. The molecule has 8 nitrogen and oxygen atoms in total. The minimum atomic E-state index is -0.909. The Kier molecular flexibility index (Phi) is 8.05. The fourth-order valence-electron chi connectivity index (χ4n) is 4.34. The number of fused-ring (bicyclic) bond motifs is 1. The minimum absolute atomic E-state index is 0.0993. The molecule has 0 aromatic heterocycles. The Morgan fingerprint density at radius 1 is 0.951 bits per heavy atom. The van der Waals surface area contributed by atoms with Crippen LogP contribution < -0.4 is 15.0 Å². The second-order valence-corrected chi connectivity index (χ2v) is 9.79. The van der Waals surface area contributed by atoms with Gasteiger partial charge >= 0.3 is 12.0 Å². The van der Waals surface area contributed by atoms with Crippen LogP contribution in [0.15, 0.2) is 84.4 Å². The average Bonchev–Trinajstić information content (AvgIpc) is 2.95. The predicted molar refractivity (Wildman–Crippen MR) is 156 cm³/mol. The van der Waals surface area contributed by atoms with Gasteiger partial charge in [-0.25, -0.2) is 14.5 Å². The van der Waals surface area contributed by atoms with Gasteiger partial charge in [-0.15, -0.1) is 0 Å². The van der Waals surface area contributed by atoms with Gasteiger partial charge in [-0.1, -0.05) is 59.6 Å². The quantitative estimate of drug-likeness (QED) is 0.149. The maximum absolute atomic E-state index is 13.6. The number of amides is 4. The van der Waals surface area contributed by atoms with E-state index >= 15 is 0 Å². The molecule has 0 spiro atoms. The Morgan fingerprint density at radius 3 is 2.44 bits per heavy atom. The number of rotatable bonds is 7. The van der Waals surface area contributed by atoms with Crippen molar-refractivity contribution < 1.29 is 28.7 Å². The molecule has 0 bridgehead atoms. The Morgan fingerprint density at radius 2 is 1.71 bits per heavy atom. The molecule has 0 saturated carbocycles. The second kappa shape index (κ2) is 11.8. The van der Waals surface area contributed by atoms with E-state index in [1.165, 1.54) is 30.3 Å². The van der Waals surface area contributed by atoms with Crippen molar-refractivity contribution in [2.75, 3.05) is 11.5 Å². The average molecular weight is 589 g/mol. The molecule has 1 heterocycles. The first kappa shape index (κ1) is 27.9. The van der Waals surface area contributed by atoms with E-state index in [9.17, 15) is 19.2 Å². The number of anilines is 1. The van der Waals surface area contributed by atoms with Gasteiger partial charge in [-0.05, 0) is 66.2 Å². The molecule has 0 radical (unpaired) electrons. The standard InChI is InChI=1S/C31H22Cl2N2O6/c1-2-40-30(38)19-8-12-22(13-9-19)35-29(37)25(28(36)34-31(35)39)16-24-23-6-4-3-5-18(23)10-14-27(24)41-17-20-7-11-21(32)15-26(20)33/h3-16H,2,17H2,1H3,(H,34,36,39)/b25-16+. The van der Waals surface area contributed by atoms with Crippen LogP contribution in [-0.4, -0.2) is 30.4 Å². The van der Waals surface area contributed by atoms with E-state index in [1.54, 1.807) is 31.2 Å². The molecule has 1 saturated heterocycles. The largest absolute Gasteiger partial charge is 0.488 e. The van der Waals surface area contributed by atoms with E-state index in [0.29, 0.717) is 26.9 Å². The van der Waals surface area contributed by atoms with Crippen molar-refractivity contribution in [3.63, 3.8) is 0 Å². The number of benzene rings is 4. The third-order valence-corrected chi connectivity index (χ3v) is 6.94. The van der Waals surface area contributed by atoms with Crippen LogP contribution in [-0.2, 0) is 20.9 Å². The molecule has 0 unspecified atom stereocenters. The number of carbonyl (C=O) groups excluding carboxylic acids is 4. The third kappa shape index (κ3) is 5.79. The summed E-state index contributed by atoms with van der Waals surface area (Å²) in [7, 11) is 0. The van der Waals surface area contributed by atoms with E-state index in [-0.39, 0.29) is 30.0 Å². The van der Waals surface area contributed by atoms with Gasteiger partial charge in [0.2, 0.25) is 0 Å². The molecule has 41 heavy (non-hydrogen) atoms. The summed E-state index contributed by atoms with van der Waals surface area (Å²) in [5, 5.41) is 4.72. The molecular weight excluding hydrogens is 567 g/mol. The van der Waals surface area contributed by atoms with E-state index in [1.807, 2.05) is 30.3 Å². The summed E-state index contributed by atoms with van der Waals surface area (Å²) in [4.78, 5) is 52.1. The summed E-state index contributed by atoms with van der Waals surface area (Å²) in [5.41, 5.74) is 1.32. The lowest BCUT2D eigenvalue weighted by molar-refractivity contribution is -0.122. The summed E-state index contributed by atoms with van der Waals surface area (Å²) in [6, 6.07) is 20.9. The van der Waals surface area contributed by atoms with Crippen LogP contribution in [0.2, 0.25) is 10.0 Å². The van der Waals surface area contributed by atoms with Crippen molar-refractivity contribution in [2.24, 2.45) is 0 Å². The van der Waals surface area contributed by atoms with Crippen LogP contribution in [0.5, 0.6) is 5.75 Å². The van der Waals surface area contributed by atoms with Gasteiger partial charge < -0.3 is 9.47 Å². The highest BCUT2D eigenvalue weighted by Gasteiger charge is 2.37. The van der Waals surface area contributed by atoms with E-state index in [4.69, 9.17) is 32.7 Å². The number of ether oxygens (including phenoxy) is 2. The van der Waals surface area contributed by atoms with Gasteiger partial charge in [0.15, 0.2) is 0 Å². The number of nitrogens with one attached hydrogen (secondary N) is 1. The van der Waals surface area contributed by atoms with Crippen LogP contribution in [0.1, 0.15) is 28.4 Å². The van der Waals surface area contributed by atoms with Gasteiger partial charge in [-0.3, -0.25) is 14.9 Å². The first-order valence-electron chi connectivity index (χ1n) is 12.5. The van der Waals surface area contributed by atoms with Crippen molar-refractivity contribution in [2.45, 2.75) is 13.5 Å². The Hall–Kier alpha value is -4.66. The molecule has 1 aliphatic heterocycles. The second-order valence-electron chi connectivity index (χ2n) is 8.95. The third-order valence-electron chi connectivity index (χ3n) is 6.36. The number of hydrogen-bond donors (Lipinski definition) is 1. The summed E-state index contributed by atoms with van der Waals surface area (Å²) in [5.74, 6) is -1.82. The van der Waals surface area contributed by atoms with Crippen molar-refractivity contribution in [3.8, 4) is 5.75 Å². The topological polar surface area (TPSA) is 102 Å². The summed E-state index contributed by atoms with van der Waals surface area (Å²) >= 11 is 12.3. The predicted octanol–water partition coefficient (Wildman–Crippen LogP) is 6.57. The van der Waals surface area contributed by atoms with Crippen molar-refractivity contribution in [3.05, 3.63) is 111 Å². The SMILES string of the molecule is CCOC(=O)c1ccc(N2C(=O)NC(=O)/C(=C\c3c(OCc4ccc(Cl)cc4Cl)ccc4ccccc34)C2=O)cc1.